The summed E-state index contributed by atoms with van der Waals surface area (Å²) in [5.74, 6) is 0. The van der Waals surface area contributed by atoms with Gasteiger partial charge in [0, 0.05) is 50.7 Å². The minimum absolute atomic E-state index is 0.00335. The second-order valence-corrected chi connectivity index (χ2v) is 29.3. The molecule has 8 aromatic rings. The average molecular weight is 1040 g/mol. The smallest absolute Gasteiger partial charge is 0.252 e. The van der Waals surface area contributed by atoms with Gasteiger partial charge in [0.05, 0.1) is 16.9 Å². The first-order valence-electron chi connectivity index (χ1n) is 29.7. The fourth-order valence-electron chi connectivity index (χ4n) is 15.8. The molecule has 0 radical (unpaired) electrons. The van der Waals surface area contributed by atoms with E-state index in [-0.39, 0.29) is 44.7 Å². The first-order chi connectivity index (χ1) is 37.3. The van der Waals surface area contributed by atoms with Crippen LogP contribution in [-0.4, -0.2) is 12.3 Å². The lowest BCUT2D eigenvalue weighted by molar-refractivity contribution is 0.195. The van der Waals surface area contributed by atoms with Crippen LogP contribution in [0.3, 0.4) is 0 Å². The normalized spacial score (nSPS) is 20.5. The van der Waals surface area contributed by atoms with Crippen molar-refractivity contribution >= 4 is 68.6 Å². The number of nitrogens with zero attached hydrogens (tertiary/aromatic N) is 3. The van der Waals surface area contributed by atoms with E-state index in [1.807, 2.05) is 0 Å². The van der Waals surface area contributed by atoms with Crippen LogP contribution in [-0.2, 0) is 32.5 Å². The highest BCUT2D eigenvalue weighted by Gasteiger charge is 2.58. The van der Waals surface area contributed by atoms with Crippen molar-refractivity contribution in [3.63, 3.8) is 0 Å². The Hall–Kier alpha value is -6.78. The molecule has 3 aliphatic heterocycles. The van der Waals surface area contributed by atoms with Crippen LogP contribution in [0, 0.1) is 0 Å². The zero-order valence-electron chi connectivity index (χ0n) is 50.0. The number of benzene rings is 8. The number of rotatable bonds is 5. The van der Waals surface area contributed by atoms with E-state index < -0.39 is 0 Å². The van der Waals surface area contributed by atoms with E-state index in [0.29, 0.717) is 0 Å². The number of fused-ring (bicyclic) bond motifs is 8. The second-order valence-electron chi connectivity index (χ2n) is 29.3. The molecule has 2 aliphatic carbocycles. The highest BCUT2D eigenvalue weighted by Crippen LogP contribution is 2.62. The van der Waals surface area contributed by atoms with Gasteiger partial charge in [-0.05, 0) is 169 Å². The van der Waals surface area contributed by atoms with Gasteiger partial charge in [0.1, 0.15) is 0 Å². The monoisotopic (exact) mass is 1040 g/mol. The van der Waals surface area contributed by atoms with Crippen LogP contribution in [0.4, 0.5) is 45.5 Å². The minimum atomic E-state index is -0.157. The molecule has 1 fully saturated rings. The molecule has 2 unspecified atom stereocenters. The molecule has 3 heterocycles. The van der Waals surface area contributed by atoms with Crippen LogP contribution in [0.15, 0.2) is 164 Å². The van der Waals surface area contributed by atoms with Crippen molar-refractivity contribution in [1.29, 1.82) is 0 Å². The minimum Gasteiger partial charge on any atom is -0.334 e. The van der Waals surface area contributed by atoms with Gasteiger partial charge in [-0.1, -0.05) is 219 Å². The molecule has 8 aromatic carbocycles. The van der Waals surface area contributed by atoms with Gasteiger partial charge in [-0.2, -0.15) is 0 Å². The number of hydrogen-bond donors (Lipinski definition) is 0. The van der Waals surface area contributed by atoms with Crippen LogP contribution in [0.1, 0.15) is 169 Å². The third kappa shape index (κ3) is 7.80. The summed E-state index contributed by atoms with van der Waals surface area (Å²) in [6.07, 6.45) is 5.85. The van der Waals surface area contributed by atoms with Gasteiger partial charge in [-0.15, -0.1) is 0 Å². The lowest BCUT2D eigenvalue weighted by atomic mass is 9.33. The summed E-state index contributed by atoms with van der Waals surface area (Å²) in [5, 5.41) is 0. The van der Waals surface area contributed by atoms with Gasteiger partial charge >= 0.3 is 0 Å². The van der Waals surface area contributed by atoms with E-state index in [1.54, 1.807) is 0 Å². The van der Waals surface area contributed by atoms with Gasteiger partial charge < -0.3 is 14.7 Å². The Labute approximate surface area is 474 Å². The predicted octanol–water partition coefficient (Wildman–Crippen LogP) is 18.7. The molecule has 4 heteroatoms. The highest BCUT2D eigenvalue weighted by molar-refractivity contribution is 7.00. The lowest BCUT2D eigenvalue weighted by Gasteiger charge is -2.51. The summed E-state index contributed by atoms with van der Waals surface area (Å²) in [5.41, 5.74) is 27.2. The zero-order valence-corrected chi connectivity index (χ0v) is 50.0. The van der Waals surface area contributed by atoms with Gasteiger partial charge in [0.25, 0.3) is 6.71 Å². The Morgan fingerprint density at radius 3 is 1.39 bits per heavy atom. The topological polar surface area (TPSA) is 9.72 Å². The SMILES string of the molecule is CC(C)(C)c1ccc2c(c1)B1c3cc4c(cc3N(c3ccc(C(C)(C)C)cc3-c3ccccc3)c3cc(N5c6ccccc6C6(C)CCCCC56C)cc(c31)N2c1ccc(C(C)(C)C)cc1-c1ccccc1)C(C)(C)CC4(C)C. The van der Waals surface area contributed by atoms with Crippen molar-refractivity contribution in [1.82, 2.24) is 0 Å². The molecule has 0 saturated heterocycles. The van der Waals surface area contributed by atoms with Crippen molar-refractivity contribution in [3.05, 3.63) is 197 Å². The fraction of sp³-hybridized carbons (Fsp3) is 0.360. The van der Waals surface area contributed by atoms with Gasteiger partial charge in [-0.25, -0.2) is 0 Å². The Kier molecular flexibility index (Phi) is 11.4. The van der Waals surface area contributed by atoms with Crippen molar-refractivity contribution < 1.29 is 0 Å². The molecule has 13 rings (SSSR count). The van der Waals surface area contributed by atoms with Gasteiger partial charge in [-0.3, -0.25) is 0 Å². The maximum Gasteiger partial charge on any atom is 0.252 e. The quantitative estimate of drug-likeness (QED) is 0.159. The standard InChI is InChI=1S/C75H82BN3/c1-69(2,3)50-32-35-61(54(40-50)48-26-18-16-19-27-48)77-64-37-34-52(71(7,8)9)42-59(64)76-60-45-57-58(73(12,13)47-72(57,10)11)46-65(60)78(62-36-33-51(70(4,5)6)41-55(62)49-28-20-17-21-29-49)67-44-53(43-66(77)68(67)76)79-63-31-23-22-30-56(63)74(14)38-24-25-39-75(74,79)15/h16-23,26-37,40-46H,24-25,38-39,47H2,1-15H3. The summed E-state index contributed by atoms with van der Waals surface area (Å²) in [7, 11) is 0. The number of hydrogen-bond acceptors (Lipinski definition) is 3. The first-order valence-corrected chi connectivity index (χ1v) is 29.7. The van der Waals surface area contributed by atoms with Crippen LogP contribution >= 0.6 is 0 Å². The van der Waals surface area contributed by atoms with Crippen LogP contribution < -0.4 is 31.1 Å². The van der Waals surface area contributed by atoms with Crippen LogP contribution in [0.2, 0.25) is 0 Å². The van der Waals surface area contributed by atoms with Crippen molar-refractivity contribution in [3.8, 4) is 22.3 Å². The second kappa shape index (κ2) is 17.4. The molecule has 3 nitrogen and oxygen atoms in total. The van der Waals surface area contributed by atoms with Crippen molar-refractivity contribution in [2.75, 3.05) is 14.7 Å². The summed E-state index contributed by atoms with van der Waals surface area (Å²) in [6, 6.07) is 64.9. The molecule has 400 valence electrons. The van der Waals surface area contributed by atoms with Crippen LogP contribution in [0.25, 0.3) is 22.3 Å². The molecular formula is C75H82BN3. The molecular weight excluding hydrogens is 954 g/mol. The van der Waals surface area contributed by atoms with E-state index in [9.17, 15) is 0 Å². The molecule has 0 N–H and O–H groups in total. The summed E-state index contributed by atoms with van der Waals surface area (Å²) < 4.78 is 0. The molecule has 5 aliphatic rings. The first kappa shape index (κ1) is 51.6. The van der Waals surface area contributed by atoms with E-state index in [2.05, 4.69) is 282 Å². The molecule has 0 aromatic heterocycles. The van der Waals surface area contributed by atoms with Crippen LogP contribution in [0.5, 0.6) is 0 Å². The molecule has 0 amide bonds. The summed E-state index contributed by atoms with van der Waals surface area (Å²) in [6.45, 7) is 36.4. The Balaban J connectivity index is 1.22. The Bertz CT molecular complexity index is 3770. The third-order valence-electron chi connectivity index (χ3n) is 20.0. The summed E-state index contributed by atoms with van der Waals surface area (Å²) in [4.78, 5) is 8.30. The molecule has 2 atom stereocenters. The molecule has 0 spiro atoms. The van der Waals surface area contributed by atoms with E-state index >= 15 is 0 Å². The Morgan fingerprint density at radius 1 is 0.392 bits per heavy atom. The van der Waals surface area contributed by atoms with Crippen molar-refractivity contribution in [2.45, 2.75) is 174 Å². The predicted molar refractivity (Wildman–Crippen MR) is 341 cm³/mol. The van der Waals surface area contributed by atoms with Gasteiger partial charge in [0.2, 0.25) is 0 Å². The number of para-hydroxylation sites is 1. The van der Waals surface area contributed by atoms with E-state index in [4.69, 9.17) is 0 Å². The molecule has 1 saturated carbocycles. The summed E-state index contributed by atoms with van der Waals surface area (Å²) >= 11 is 0. The molecule has 79 heavy (non-hydrogen) atoms. The maximum absolute atomic E-state index is 2.83. The Morgan fingerprint density at radius 2 is 0.848 bits per heavy atom. The third-order valence-corrected chi connectivity index (χ3v) is 20.0. The highest BCUT2D eigenvalue weighted by atomic mass is 15.3. The van der Waals surface area contributed by atoms with E-state index in [1.165, 1.54) is 137 Å². The van der Waals surface area contributed by atoms with Gasteiger partial charge in [0.15, 0.2) is 0 Å². The van der Waals surface area contributed by atoms with E-state index in [0.717, 1.165) is 12.8 Å². The largest absolute Gasteiger partial charge is 0.334 e. The zero-order chi connectivity index (χ0) is 55.6. The molecule has 0 bridgehead atoms. The fourth-order valence-corrected chi connectivity index (χ4v) is 15.8. The van der Waals surface area contributed by atoms with Crippen molar-refractivity contribution in [2.24, 2.45) is 0 Å². The number of anilines is 8. The average Bonchev–Trinajstić information content (AvgIpc) is 3.81. The lowest BCUT2D eigenvalue weighted by Crippen LogP contribution is -2.62. The maximum atomic E-state index is 2.83.